The number of benzene rings is 1. The highest BCUT2D eigenvalue weighted by atomic mass is 19.2. The van der Waals surface area contributed by atoms with Crippen LogP contribution in [0, 0.1) is 11.6 Å². The summed E-state index contributed by atoms with van der Waals surface area (Å²) in [5.41, 5.74) is 5.73. The van der Waals surface area contributed by atoms with Gasteiger partial charge in [0.1, 0.15) is 0 Å². The number of nitrogens with two attached hydrogens (primary N) is 1. The fraction of sp³-hybridized carbons (Fsp3) is 0.0833. The first-order valence-electron chi connectivity index (χ1n) is 4.97. The van der Waals surface area contributed by atoms with Crippen LogP contribution in [0.1, 0.15) is 5.56 Å². The van der Waals surface area contributed by atoms with E-state index in [1.54, 1.807) is 12.3 Å². The summed E-state index contributed by atoms with van der Waals surface area (Å²) in [4.78, 5) is 11.6. The Bertz CT molecular complexity index is 608. The number of pyridine rings is 1. The van der Waals surface area contributed by atoms with Crippen molar-refractivity contribution in [1.29, 1.82) is 0 Å². The molecule has 1 aromatic heterocycles. The highest BCUT2D eigenvalue weighted by Gasteiger charge is 2.04. The number of nitrogen functional groups attached to an aromatic ring is 1. The molecular weight excluding hydrogens is 226 g/mol. The van der Waals surface area contributed by atoms with Crippen molar-refractivity contribution < 1.29 is 8.78 Å². The van der Waals surface area contributed by atoms with Gasteiger partial charge in [-0.25, -0.2) is 8.78 Å². The van der Waals surface area contributed by atoms with Gasteiger partial charge in [0.2, 0.25) is 0 Å². The van der Waals surface area contributed by atoms with Crippen LogP contribution < -0.4 is 11.3 Å². The Hall–Kier alpha value is -2.17. The van der Waals surface area contributed by atoms with E-state index in [1.165, 1.54) is 16.7 Å². The largest absolute Gasteiger partial charge is 0.394 e. The highest BCUT2D eigenvalue weighted by Crippen LogP contribution is 2.09. The van der Waals surface area contributed by atoms with E-state index in [0.29, 0.717) is 5.56 Å². The summed E-state index contributed by atoms with van der Waals surface area (Å²) in [5.74, 6) is -1.84. The van der Waals surface area contributed by atoms with Crippen LogP contribution in [0.2, 0.25) is 0 Å². The first kappa shape index (κ1) is 11.3. The monoisotopic (exact) mass is 236 g/mol. The van der Waals surface area contributed by atoms with E-state index in [0.717, 1.165) is 12.1 Å². The zero-order valence-corrected chi connectivity index (χ0v) is 8.86. The summed E-state index contributed by atoms with van der Waals surface area (Å²) < 4.78 is 27.0. The molecule has 0 aliphatic rings. The van der Waals surface area contributed by atoms with Crippen molar-refractivity contribution in [1.82, 2.24) is 4.57 Å². The molecule has 0 aliphatic carbocycles. The molecule has 88 valence electrons. The predicted octanol–water partition coefficient (Wildman–Crippen LogP) is 1.76. The van der Waals surface area contributed by atoms with Gasteiger partial charge >= 0.3 is 0 Å². The minimum atomic E-state index is -0.931. The Morgan fingerprint density at radius 1 is 1.18 bits per heavy atom. The molecule has 0 spiro atoms. The molecule has 2 N–H and O–H groups in total. The predicted molar refractivity (Wildman–Crippen MR) is 60.6 cm³/mol. The summed E-state index contributed by atoms with van der Waals surface area (Å²) in [5, 5.41) is 0. The molecule has 17 heavy (non-hydrogen) atoms. The van der Waals surface area contributed by atoms with Crippen molar-refractivity contribution in [3.8, 4) is 0 Å². The normalized spacial score (nSPS) is 10.5. The minimum Gasteiger partial charge on any atom is -0.394 e. The molecule has 3 nitrogen and oxygen atoms in total. The third kappa shape index (κ3) is 2.33. The van der Waals surface area contributed by atoms with E-state index >= 15 is 0 Å². The molecule has 1 aromatic carbocycles. The molecular formula is C12H10F2N2O. The summed E-state index contributed by atoms with van der Waals surface area (Å²) in [6.07, 6.45) is 1.54. The summed E-state index contributed by atoms with van der Waals surface area (Å²) in [6.45, 7) is 0.154. The van der Waals surface area contributed by atoms with Gasteiger partial charge in [-0.2, -0.15) is 0 Å². The van der Waals surface area contributed by atoms with E-state index in [2.05, 4.69) is 0 Å². The molecule has 0 aliphatic heterocycles. The van der Waals surface area contributed by atoms with Gasteiger partial charge in [0.05, 0.1) is 12.2 Å². The second-order valence-corrected chi connectivity index (χ2v) is 3.65. The molecule has 0 amide bonds. The van der Waals surface area contributed by atoms with Crippen molar-refractivity contribution in [2.24, 2.45) is 0 Å². The molecule has 2 aromatic rings. The number of halogens is 2. The Labute approximate surface area is 96.1 Å². The molecule has 0 bridgehead atoms. The first-order chi connectivity index (χ1) is 8.08. The molecule has 0 fully saturated rings. The van der Waals surface area contributed by atoms with Crippen LogP contribution in [0.5, 0.6) is 0 Å². The number of hydrogen-bond donors (Lipinski definition) is 1. The zero-order valence-electron chi connectivity index (χ0n) is 8.86. The zero-order chi connectivity index (χ0) is 12.4. The maximum Gasteiger partial charge on any atom is 0.273 e. The lowest BCUT2D eigenvalue weighted by molar-refractivity contribution is 0.506. The lowest BCUT2D eigenvalue weighted by Gasteiger charge is -2.06. The van der Waals surface area contributed by atoms with Gasteiger partial charge in [-0.1, -0.05) is 6.07 Å². The van der Waals surface area contributed by atoms with Crippen LogP contribution in [0.25, 0.3) is 0 Å². The van der Waals surface area contributed by atoms with E-state index in [1.807, 2.05) is 0 Å². The van der Waals surface area contributed by atoms with Crippen molar-refractivity contribution in [3.63, 3.8) is 0 Å². The fourth-order valence-electron chi connectivity index (χ4n) is 1.51. The van der Waals surface area contributed by atoms with Crippen LogP contribution in [0.4, 0.5) is 14.5 Å². The number of rotatable bonds is 2. The second-order valence-electron chi connectivity index (χ2n) is 3.65. The quantitative estimate of drug-likeness (QED) is 0.863. The second kappa shape index (κ2) is 4.37. The van der Waals surface area contributed by atoms with Gasteiger partial charge < -0.3 is 10.3 Å². The van der Waals surface area contributed by atoms with Crippen LogP contribution in [0.3, 0.4) is 0 Å². The molecule has 1 heterocycles. The maximum atomic E-state index is 13.0. The molecule has 0 saturated heterocycles. The molecule has 2 rings (SSSR count). The van der Waals surface area contributed by atoms with E-state index in [-0.39, 0.29) is 17.8 Å². The third-order valence-corrected chi connectivity index (χ3v) is 2.39. The Balaban J connectivity index is 2.35. The van der Waals surface area contributed by atoms with E-state index in [4.69, 9.17) is 5.73 Å². The van der Waals surface area contributed by atoms with Gasteiger partial charge in [-0.15, -0.1) is 0 Å². The highest BCUT2D eigenvalue weighted by molar-refractivity contribution is 5.34. The summed E-state index contributed by atoms with van der Waals surface area (Å²) in [6, 6.07) is 6.63. The lowest BCUT2D eigenvalue weighted by Crippen LogP contribution is -2.22. The van der Waals surface area contributed by atoms with Crippen LogP contribution in [0.15, 0.2) is 41.3 Å². The Kier molecular flexibility index (Phi) is 2.91. The van der Waals surface area contributed by atoms with E-state index < -0.39 is 11.6 Å². The van der Waals surface area contributed by atoms with Crippen molar-refractivity contribution in [2.45, 2.75) is 6.54 Å². The van der Waals surface area contributed by atoms with Gasteiger partial charge in [-0.3, -0.25) is 4.79 Å². The smallest absolute Gasteiger partial charge is 0.273 e. The number of nitrogens with zero attached hydrogens (tertiary/aromatic N) is 1. The molecule has 5 heteroatoms. The maximum absolute atomic E-state index is 13.0. The van der Waals surface area contributed by atoms with Crippen LogP contribution >= 0.6 is 0 Å². The number of anilines is 1. The van der Waals surface area contributed by atoms with Gasteiger partial charge in [-0.05, 0) is 29.8 Å². The Morgan fingerprint density at radius 2 is 1.94 bits per heavy atom. The minimum absolute atomic E-state index is 0.120. The van der Waals surface area contributed by atoms with E-state index in [9.17, 15) is 13.6 Å². The third-order valence-electron chi connectivity index (χ3n) is 2.39. The molecule has 0 radical (unpaired) electrons. The standard InChI is InChI=1S/C12H10F2N2O/c13-9-4-3-8(6-10(9)14)7-16-5-1-2-11(15)12(16)17/h1-6H,7,15H2. The lowest BCUT2D eigenvalue weighted by atomic mass is 10.2. The van der Waals surface area contributed by atoms with Crippen LogP contribution in [-0.4, -0.2) is 4.57 Å². The number of hydrogen-bond acceptors (Lipinski definition) is 2. The SMILES string of the molecule is Nc1cccn(Cc2ccc(F)c(F)c2)c1=O. The van der Waals surface area contributed by atoms with Gasteiger partial charge in [0.25, 0.3) is 5.56 Å². The van der Waals surface area contributed by atoms with Crippen molar-refractivity contribution in [2.75, 3.05) is 5.73 Å². The van der Waals surface area contributed by atoms with Crippen LogP contribution in [-0.2, 0) is 6.54 Å². The molecule has 0 saturated carbocycles. The van der Waals surface area contributed by atoms with Gasteiger partial charge in [0.15, 0.2) is 11.6 Å². The average molecular weight is 236 g/mol. The van der Waals surface area contributed by atoms with Gasteiger partial charge in [0, 0.05) is 6.20 Å². The molecule has 0 atom stereocenters. The average Bonchev–Trinajstić information content (AvgIpc) is 2.30. The Morgan fingerprint density at radius 3 is 2.65 bits per heavy atom. The first-order valence-corrected chi connectivity index (χ1v) is 4.97. The topological polar surface area (TPSA) is 48.0 Å². The fourth-order valence-corrected chi connectivity index (χ4v) is 1.51. The summed E-state index contributed by atoms with van der Waals surface area (Å²) in [7, 11) is 0. The number of aromatic nitrogens is 1. The van der Waals surface area contributed by atoms with Crippen molar-refractivity contribution in [3.05, 3.63) is 64.1 Å². The summed E-state index contributed by atoms with van der Waals surface area (Å²) >= 11 is 0. The van der Waals surface area contributed by atoms with Crippen molar-refractivity contribution >= 4 is 5.69 Å². The molecule has 0 unspecified atom stereocenters.